The lowest BCUT2D eigenvalue weighted by Gasteiger charge is -2.24. The van der Waals surface area contributed by atoms with Crippen LogP contribution in [-0.4, -0.2) is 10.2 Å². The Kier molecular flexibility index (Phi) is 2.53. The summed E-state index contributed by atoms with van der Waals surface area (Å²) in [6.07, 6.45) is 1.63. The molecule has 0 saturated heterocycles. The second-order valence-electron chi connectivity index (χ2n) is 3.99. The zero-order valence-corrected chi connectivity index (χ0v) is 9.47. The van der Waals surface area contributed by atoms with Crippen LogP contribution < -0.4 is 0 Å². The van der Waals surface area contributed by atoms with Gasteiger partial charge in [0.15, 0.2) is 0 Å². The van der Waals surface area contributed by atoms with Gasteiger partial charge in [0.1, 0.15) is 0 Å². The number of hydrogen-bond donors (Lipinski definition) is 1. The van der Waals surface area contributed by atoms with Gasteiger partial charge >= 0.3 is 0 Å². The van der Waals surface area contributed by atoms with Gasteiger partial charge in [-0.05, 0) is 11.6 Å². The predicted octanol–water partition coefficient (Wildman–Crippen LogP) is 3.19. The number of halogens is 1. The Hall–Kier alpha value is -1.28. The summed E-state index contributed by atoms with van der Waals surface area (Å²) in [6, 6.07) is 10.9. The molecule has 0 fully saturated rings. The van der Waals surface area contributed by atoms with E-state index in [-0.39, 0.29) is 5.41 Å². The number of H-pyrrole nitrogens is 1. The number of nitrogens with zero attached hydrogens (tertiary/aromatic N) is 1. The van der Waals surface area contributed by atoms with E-state index in [1.165, 1.54) is 0 Å². The molecule has 3 heteroatoms. The quantitative estimate of drug-likeness (QED) is 0.826. The highest BCUT2D eigenvalue weighted by atomic mass is 35.5. The molecule has 0 aliphatic heterocycles. The lowest BCUT2D eigenvalue weighted by Crippen LogP contribution is -2.20. The van der Waals surface area contributed by atoms with E-state index in [0.29, 0.717) is 0 Å². The molecule has 2 rings (SSSR count). The largest absolute Gasteiger partial charge is 0.281 e. The van der Waals surface area contributed by atoms with Crippen LogP contribution in [0.1, 0.15) is 25.1 Å². The van der Waals surface area contributed by atoms with Gasteiger partial charge in [-0.15, -0.1) is 0 Å². The first kappa shape index (κ1) is 10.2. The number of rotatable bonds is 2. The van der Waals surface area contributed by atoms with Gasteiger partial charge in [0.25, 0.3) is 0 Å². The van der Waals surface area contributed by atoms with Crippen molar-refractivity contribution in [2.45, 2.75) is 19.3 Å². The van der Waals surface area contributed by atoms with Gasteiger partial charge in [0.2, 0.25) is 0 Å². The highest BCUT2D eigenvalue weighted by Gasteiger charge is 2.26. The summed E-state index contributed by atoms with van der Waals surface area (Å²) >= 11 is 6.18. The number of benzene rings is 1. The SMILES string of the molecule is CC(C)(c1[c]cn[nH]1)c1ccccc1Cl. The van der Waals surface area contributed by atoms with Crippen LogP contribution in [0, 0.1) is 6.07 Å². The molecule has 0 atom stereocenters. The van der Waals surface area contributed by atoms with Crippen molar-refractivity contribution in [2.75, 3.05) is 0 Å². The molecule has 0 bridgehead atoms. The minimum atomic E-state index is -0.200. The van der Waals surface area contributed by atoms with Crippen molar-refractivity contribution in [3.63, 3.8) is 0 Å². The van der Waals surface area contributed by atoms with Crippen molar-refractivity contribution >= 4 is 11.6 Å². The molecular formula is C12H12ClN2. The van der Waals surface area contributed by atoms with E-state index in [2.05, 4.69) is 30.1 Å². The van der Waals surface area contributed by atoms with Gasteiger partial charge in [0.05, 0.1) is 11.9 Å². The average Bonchev–Trinajstić information content (AvgIpc) is 2.71. The molecule has 0 amide bonds. The molecule has 1 heterocycles. The van der Waals surface area contributed by atoms with E-state index in [0.717, 1.165) is 16.3 Å². The summed E-state index contributed by atoms with van der Waals surface area (Å²) in [4.78, 5) is 0. The first-order chi connectivity index (χ1) is 7.12. The van der Waals surface area contributed by atoms with Gasteiger partial charge in [-0.25, -0.2) is 0 Å². The Morgan fingerprint density at radius 1 is 1.33 bits per heavy atom. The first-order valence-corrected chi connectivity index (χ1v) is 5.16. The molecular weight excluding hydrogens is 208 g/mol. The van der Waals surface area contributed by atoms with Crippen molar-refractivity contribution in [3.05, 3.63) is 52.8 Å². The fourth-order valence-corrected chi connectivity index (χ4v) is 2.02. The van der Waals surface area contributed by atoms with Crippen LogP contribution >= 0.6 is 11.6 Å². The Labute approximate surface area is 94.3 Å². The number of hydrogen-bond acceptors (Lipinski definition) is 1. The second kappa shape index (κ2) is 3.70. The molecule has 0 saturated carbocycles. The van der Waals surface area contributed by atoms with Gasteiger partial charge in [0, 0.05) is 16.5 Å². The maximum atomic E-state index is 6.18. The van der Waals surface area contributed by atoms with Crippen LogP contribution in [0.2, 0.25) is 5.02 Å². The van der Waals surface area contributed by atoms with Crippen molar-refractivity contribution in [2.24, 2.45) is 0 Å². The molecule has 15 heavy (non-hydrogen) atoms. The van der Waals surface area contributed by atoms with Crippen molar-refractivity contribution in [3.8, 4) is 0 Å². The van der Waals surface area contributed by atoms with Gasteiger partial charge < -0.3 is 0 Å². The van der Waals surface area contributed by atoms with Crippen LogP contribution in [0.25, 0.3) is 0 Å². The first-order valence-electron chi connectivity index (χ1n) is 4.79. The van der Waals surface area contributed by atoms with Gasteiger partial charge in [-0.2, -0.15) is 5.10 Å². The highest BCUT2D eigenvalue weighted by Crippen LogP contribution is 2.33. The van der Waals surface area contributed by atoms with Crippen molar-refractivity contribution < 1.29 is 0 Å². The van der Waals surface area contributed by atoms with E-state index in [4.69, 9.17) is 11.6 Å². The standard InChI is InChI=1S/C12H12ClN2/c1-12(2,11-7-8-14-15-11)9-5-3-4-6-10(9)13/h3-6,8H,1-2H3,(H,14,15). The van der Waals surface area contributed by atoms with Crippen LogP contribution in [0.15, 0.2) is 30.5 Å². The molecule has 1 radical (unpaired) electrons. The number of aromatic nitrogens is 2. The minimum Gasteiger partial charge on any atom is -0.281 e. The zero-order valence-electron chi connectivity index (χ0n) is 8.71. The van der Waals surface area contributed by atoms with E-state index in [1.807, 2.05) is 24.3 Å². The molecule has 2 nitrogen and oxygen atoms in total. The Balaban J connectivity index is 2.51. The Morgan fingerprint density at radius 3 is 2.67 bits per heavy atom. The van der Waals surface area contributed by atoms with Crippen molar-refractivity contribution in [1.29, 1.82) is 0 Å². The molecule has 2 aromatic rings. The van der Waals surface area contributed by atoms with Crippen LogP contribution in [0.4, 0.5) is 0 Å². The zero-order chi connectivity index (χ0) is 10.9. The van der Waals surface area contributed by atoms with Crippen LogP contribution in [-0.2, 0) is 5.41 Å². The Morgan fingerprint density at radius 2 is 2.07 bits per heavy atom. The topological polar surface area (TPSA) is 28.7 Å². The van der Waals surface area contributed by atoms with E-state index in [9.17, 15) is 0 Å². The summed E-state index contributed by atoms with van der Waals surface area (Å²) < 4.78 is 0. The predicted molar refractivity (Wildman–Crippen MR) is 61.0 cm³/mol. The summed E-state index contributed by atoms with van der Waals surface area (Å²) in [7, 11) is 0. The van der Waals surface area contributed by atoms with E-state index < -0.39 is 0 Å². The lowest BCUT2D eigenvalue weighted by molar-refractivity contribution is 0.613. The molecule has 0 aliphatic rings. The molecule has 77 valence electrons. The average molecular weight is 220 g/mol. The molecule has 1 aromatic heterocycles. The third kappa shape index (κ3) is 1.77. The van der Waals surface area contributed by atoms with Gasteiger partial charge in [-0.1, -0.05) is 43.6 Å². The monoisotopic (exact) mass is 219 g/mol. The summed E-state index contributed by atoms with van der Waals surface area (Å²) in [5, 5.41) is 7.63. The fourth-order valence-electron chi connectivity index (χ4n) is 1.65. The maximum Gasteiger partial charge on any atom is 0.0570 e. The fraction of sp³-hybridized carbons (Fsp3) is 0.250. The third-order valence-electron chi connectivity index (χ3n) is 2.62. The van der Waals surface area contributed by atoms with Crippen LogP contribution in [0.3, 0.4) is 0 Å². The molecule has 0 spiro atoms. The number of nitrogens with one attached hydrogen (secondary N) is 1. The summed E-state index contributed by atoms with van der Waals surface area (Å²) in [6.45, 7) is 4.19. The molecule has 0 unspecified atom stereocenters. The third-order valence-corrected chi connectivity index (χ3v) is 2.95. The van der Waals surface area contributed by atoms with Crippen molar-refractivity contribution in [1.82, 2.24) is 10.2 Å². The molecule has 1 N–H and O–H groups in total. The van der Waals surface area contributed by atoms with Gasteiger partial charge in [-0.3, -0.25) is 5.10 Å². The Bertz CT molecular complexity index is 446. The maximum absolute atomic E-state index is 6.18. The van der Waals surface area contributed by atoms with E-state index in [1.54, 1.807) is 6.20 Å². The molecule has 1 aromatic carbocycles. The summed E-state index contributed by atoms with van der Waals surface area (Å²) in [5.74, 6) is 0. The summed E-state index contributed by atoms with van der Waals surface area (Å²) in [5.41, 5.74) is 1.82. The van der Waals surface area contributed by atoms with E-state index >= 15 is 0 Å². The minimum absolute atomic E-state index is 0.200. The highest BCUT2D eigenvalue weighted by molar-refractivity contribution is 6.31. The second-order valence-corrected chi connectivity index (χ2v) is 4.40. The molecule has 0 aliphatic carbocycles. The lowest BCUT2D eigenvalue weighted by atomic mass is 9.81. The van der Waals surface area contributed by atoms with Crippen LogP contribution in [0.5, 0.6) is 0 Å². The normalized spacial score (nSPS) is 11.7. The number of aromatic amines is 1. The smallest absolute Gasteiger partial charge is 0.0570 e.